The number of hydrogen-bond acceptors (Lipinski definition) is 3. The molecule has 0 aromatic carbocycles. The third-order valence-corrected chi connectivity index (χ3v) is 3.83. The molecule has 0 aliphatic heterocycles. The molecule has 1 aliphatic carbocycles. The number of aryl methyl sites for hydroxylation is 1. The molecule has 19 heavy (non-hydrogen) atoms. The predicted octanol–water partition coefficient (Wildman–Crippen LogP) is 3.49. The van der Waals surface area contributed by atoms with Gasteiger partial charge < -0.3 is 14.8 Å². The van der Waals surface area contributed by atoms with Crippen LogP contribution >= 0.6 is 0 Å². The van der Waals surface area contributed by atoms with Gasteiger partial charge in [-0.25, -0.2) is 4.79 Å². The van der Waals surface area contributed by atoms with Crippen LogP contribution in [0.3, 0.4) is 0 Å². The standard InChI is InChI=1S/C15H23NO3/c1-11-9-13(19-14(11)15(17)18)10-16-12-7-5-3-2-4-6-8-12/h9,12,16H,2-8,10H2,1H3,(H,17,18). The molecule has 1 saturated carbocycles. The zero-order chi connectivity index (χ0) is 13.7. The van der Waals surface area contributed by atoms with Crippen LogP contribution in [-0.4, -0.2) is 17.1 Å². The molecule has 4 heteroatoms. The van der Waals surface area contributed by atoms with E-state index in [1.54, 1.807) is 6.92 Å². The fraction of sp³-hybridized carbons (Fsp3) is 0.667. The number of furan rings is 1. The van der Waals surface area contributed by atoms with E-state index >= 15 is 0 Å². The first-order valence-electron chi connectivity index (χ1n) is 7.23. The van der Waals surface area contributed by atoms with E-state index < -0.39 is 5.97 Å². The van der Waals surface area contributed by atoms with Crippen molar-refractivity contribution in [2.75, 3.05) is 0 Å². The molecule has 2 N–H and O–H groups in total. The number of nitrogens with one attached hydrogen (secondary N) is 1. The van der Waals surface area contributed by atoms with Crippen LogP contribution in [0.1, 0.15) is 66.8 Å². The fourth-order valence-corrected chi connectivity index (χ4v) is 2.75. The van der Waals surface area contributed by atoms with E-state index in [9.17, 15) is 4.79 Å². The minimum absolute atomic E-state index is 0.0643. The van der Waals surface area contributed by atoms with Crippen molar-refractivity contribution in [3.8, 4) is 0 Å². The predicted molar refractivity (Wildman–Crippen MR) is 73.4 cm³/mol. The Morgan fingerprint density at radius 1 is 1.32 bits per heavy atom. The zero-order valence-electron chi connectivity index (χ0n) is 11.6. The molecule has 0 saturated heterocycles. The van der Waals surface area contributed by atoms with Crippen molar-refractivity contribution in [3.63, 3.8) is 0 Å². The van der Waals surface area contributed by atoms with Crippen LogP contribution in [0, 0.1) is 6.92 Å². The highest BCUT2D eigenvalue weighted by Gasteiger charge is 2.16. The van der Waals surface area contributed by atoms with Crippen LogP contribution in [0.4, 0.5) is 0 Å². The van der Waals surface area contributed by atoms with Crippen molar-refractivity contribution in [3.05, 3.63) is 23.2 Å². The Bertz CT molecular complexity index is 417. The number of hydrogen-bond donors (Lipinski definition) is 2. The van der Waals surface area contributed by atoms with Crippen molar-refractivity contribution in [2.24, 2.45) is 0 Å². The van der Waals surface area contributed by atoms with Crippen molar-refractivity contribution in [1.82, 2.24) is 5.32 Å². The summed E-state index contributed by atoms with van der Waals surface area (Å²) >= 11 is 0. The van der Waals surface area contributed by atoms with Gasteiger partial charge in [-0.1, -0.05) is 32.1 Å². The van der Waals surface area contributed by atoms with E-state index in [-0.39, 0.29) is 5.76 Å². The van der Waals surface area contributed by atoms with Gasteiger partial charge in [-0.3, -0.25) is 0 Å². The summed E-state index contributed by atoms with van der Waals surface area (Å²) in [7, 11) is 0. The van der Waals surface area contributed by atoms with E-state index in [0.29, 0.717) is 18.2 Å². The second-order valence-electron chi connectivity index (χ2n) is 5.45. The second-order valence-corrected chi connectivity index (χ2v) is 5.45. The first kappa shape index (κ1) is 14.1. The molecule has 0 atom stereocenters. The smallest absolute Gasteiger partial charge is 0.372 e. The van der Waals surface area contributed by atoms with Crippen LogP contribution in [0.15, 0.2) is 10.5 Å². The highest BCUT2D eigenvalue weighted by molar-refractivity contribution is 5.86. The summed E-state index contributed by atoms with van der Waals surface area (Å²) < 4.78 is 5.36. The van der Waals surface area contributed by atoms with E-state index in [1.807, 2.05) is 6.07 Å². The lowest BCUT2D eigenvalue weighted by molar-refractivity contribution is 0.0659. The lowest BCUT2D eigenvalue weighted by atomic mass is 9.97. The lowest BCUT2D eigenvalue weighted by Crippen LogP contribution is -2.29. The van der Waals surface area contributed by atoms with E-state index in [0.717, 1.165) is 5.76 Å². The second kappa shape index (κ2) is 6.75. The molecule has 1 aromatic rings. The zero-order valence-corrected chi connectivity index (χ0v) is 11.6. The third kappa shape index (κ3) is 4.10. The van der Waals surface area contributed by atoms with Crippen molar-refractivity contribution >= 4 is 5.97 Å². The molecule has 106 valence electrons. The maximum atomic E-state index is 10.9. The summed E-state index contributed by atoms with van der Waals surface area (Å²) in [5, 5.41) is 12.4. The van der Waals surface area contributed by atoms with E-state index in [2.05, 4.69) is 5.32 Å². The molecule has 4 nitrogen and oxygen atoms in total. The molecule has 2 rings (SSSR count). The fourth-order valence-electron chi connectivity index (χ4n) is 2.75. The number of carboxylic acid groups (broad SMARTS) is 1. The monoisotopic (exact) mass is 265 g/mol. The third-order valence-electron chi connectivity index (χ3n) is 3.83. The van der Waals surface area contributed by atoms with E-state index in [4.69, 9.17) is 9.52 Å². The van der Waals surface area contributed by atoms with Gasteiger partial charge in [-0.05, 0) is 25.8 Å². The Balaban J connectivity index is 1.87. The first-order chi connectivity index (χ1) is 9.16. The Morgan fingerprint density at radius 2 is 1.95 bits per heavy atom. The van der Waals surface area contributed by atoms with Gasteiger partial charge >= 0.3 is 5.97 Å². The highest BCUT2D eigenvalue weighted by atomic mass is 16.4. The topological polar surface area (TPSA) is 62.5 Å². The minimum atomic E-state index is -0.991. The number of rotatable bonds is 4. The largest absolute Gasteiger partial charge is 0.475 e. The Morgan fingerprint density at radius 3 is 2.53 bits per heavy atom. The Hall–Kier alpha value is -1.29. The van der Waals surface area contributed by atoms with Gasteiger partial charge in [0.05, 0.1) is 6.54 Å². The number of carbonyl (C=O) groups is 1. The van der Waals surface area contributed by atoms with Gasteiger partial charge in [0.2, 0.25) is 5.76 Å². The molecule has 0 bridgehead atoms. The minimum Gasteiger partial charge on any atom is -0.475 e. The normalized spacial score (nSPS) is 17.9. The van der Waals surface area contributed by atoms with Crippen molar-refractivity contribution in [1.29, 1.82) is 0 Å². The SMILES string of the molecule is Cc1cc(CNC2CCCCCCC2)oc1C(=O)O. The summed E-state index contributed by atoms with van der Waals surface area (Å²) in [6.07, 6.45) is 9.04. The number of carboxylic acids is 1. The first-order valence-corrected chi connectivity index (χ1v) is 7.23. The average Bonchev–Trinajstić information content (AvgIpc) is 2.69. The van der Waals surface area contributed by atoms with Gasteiger partial charge in [0.1, 0.15) is 5.76 Å². The van der Waals surface area contributed by atoms with Crippen molar-refractivity contribution in [2.45, 2.75) is 64.5 Å². The molecular formula is C15H23NO3. The van der Waals surface area contributed by atoms with Gasteiger partial charge in [0, 0.05) is 11.6 Å². The van der Waals surface area contributed by atoms with Gasteiger partial charge in [-0.2, -0.15) is 0 Å². The molecule has 1 aliphatic rings. The highest BCUT2D eigenvalue weighted by Crippen LogP contribution is 2.19. The molecule has 1 heterocycles. The quantitative estimate of drug-likeness (QED) is 0.874. The molecule has 0 radical (unpaired) electrons. The van der Waals surface area contributed by atoms with Gasteiger partial charge in [0.25, 0.3) is 0 Å². The van der Waals surface area contributed by atoms with Crippen LogP contribution in [0.25, 0.3) is 0 Å². The van der Waals surface area contributed by atoms with Crippen LogP contribution in [0.5, 0.6) is 0 Å². The molecule has 0 amide bonds. The molecule has 1 aromatic heterocycles. The maximum Gasteiger partial charge on any atom is 0.372 e. The molecule has 1 fully saturated rings. The lowest BCUT2D eigenvalue weighted by Gasteiger charge is -2.20. The molecule has 0 unspecified atom stereocenters. The summed E-state index contributed by atoms with van der Waals surface area (Å²) in [6, 6.07) is 2.36. The Kier molecular flexibility index (Phi) is 5.02. The summed E-state index contributed by atoms with van der Waals surface area (Å²) in [5.41, 5.74) is 0.696. The average molecular weight is 265 g/mol. The van der Waals surface area contributed by atoms with Crippen molar-refractivity contribution < 1.29 is 14.3 Å². The summed E-state index contributed by atoms with van der Waals surface area (Å²) in [5.74, 6) is -0.207. The Labute approximate surface area is 114 Å². The molecule has 0 spiro atoms. The number of aromatic carboxylic acids is 1. The van der Waals surface area contributed by atoms with Crippen LogP contribution < -0.4 is 5.32 Å². The summed E-state index contributed by atoms with van der Waals surface area (Å²) in [6.45, 7) is 2.39. The van der Waals surface area contributed by atoms with Crippen LogP contribution in [-0.2, 0) is 6.54 Å². The van der Waals surface area contributed by atoms with Gasteiger partial charge in [0.15, 0.2) is 0 Å². The summed E-state index contributed by atoms with van der Waals surface area (Å²) in [4.78, 5) is 10.9. The van der Waals surface area contributed by atoms with Crippen LogP contribution in [0.2, 0.25) is 0 Å². The molecular weight excluding hydrogens is 242 g/mol. The van der Waals surface area contributed by atoms with Gasteiger partial charge in [-0.15, -0.1) is 0 Å². The van der Waals surface area contributed by atoms with E-state index in [1.165, 1.54) is 44.9 Å². The maximum absolute atomic E-state index is 10.9.